The van der Waals surface area contributed by atoms with E-state index in [9.17, 15) is 0 Å². The molecule has 1 fully saturated rings. The highest BCUT2D eigenvalue weighted by Crippen LogP contribution is 2.49. The number of hydrogen-bond acceptors (Lipinski definition) is 2. The van der Waals surface area contributed by atoms with Gasteiger partial charge in [0.1, 0.15) is 4.99 Å². The fraction of sp³-hybridized carbons (Fsp3) is 0.533. The molecule has 1 aromatic carbocycles. The molecule has 98 valence electrons. The molecule has 3 heteroatoms. The van der Waals surface area contributed by atoms with Crippen LogP contribution in [0.25, 0.3) is 0 Å². The summed E-state index contributed by atoms with van der Waals surface area (Å²) in [5.74, 6) is 0. The lowest BCUT2D eigenvalue weighted by Crippen LogP contribution is -2.19. The average Bonchev–Trinajstić information content (AvgIpc) is 3.08. The van der Waals surface area contributed by atoms with Crippen LogP contribution in [0, 0.1) is 12.3 Å². The van der Waals surface area contributed by atoms with E-state index in [2.05, 4.69) is 25.2 Å². The second-order valence-electron chi connectivity index (χ2n) is 5.47. The van der Waals surface area contributed by atoms with Crippen molar-refractivity contribution in [3.63, 3.8) is 0 Å². The maximum atomic E-state index is 5.79. The Morgan fingerprint density at radius 1 is 1.44 bits per heavy atom. The van der Waals surface area contributed by atoms with Crippen molar-refractivity contribution < 1.29 is 0 Å². The van der Waals surface area contributed by atoms with Gasteiger partial charge in [0.2, 0.25) is 0 Å². The molecule has 0 aromatic heterocycles. The van der Waals surface area contributed by atoms with Gasteiger partial charge in [0.05, 0.1) is 0 Å². The van der Waals surface area contributed by atoms with Crippen LogP contribution in [0.15, 0.2) is 18.2 Å². The second-order valence-corrected chi connectivity index (χ2v) is 5.91. The molecule has 0 amide bonds. The molecule has 0 heterocycles. The molecule has 0 aliphatic heterocycles. The summed E-state index contributed by atoms with van der Waals surface area (Å²) in [4.78, 5) is 0.474. The van der Waals surface area contributed by atoms with Crippen molar-refractivity contribution in [3.05, 3.63) is 29.3 Å². The number of anilines is 1. The normalized spacial score (nSPS) is 16.3. The molecule has 1 aromatic rings. The van der Waals surface area contributed by atoms with Crippen LogP contribution in [0.5, 0.6) is 0 Å². The lowest BCUT2D eigenvalue weighted by molar-refractivity contribution is 0.485. The summed E-state index contributed by atoms with van der Waals surface area (Å²) >= 11 is 5.12. The Labute approximate surface area is 115 Å². The van der Waals surface area contributed by atoms with Crippen molar-refractivity contribution in [1.82, 2.24) is 0 Å². The summed E-state index contributed by atoms with van der Waals surface area (Å²) in [6, 6.07) is 6.11. The highest BCUT2D eigenvalue weighted by Gasteiger charge is 2.41. The van der Waals surface area contributed by atoms with Gasteiger partial charge in [-0.1, -0.05) is 37.7 Å². The maximum Gasteiger partial charge on any atom is 0.106 e. The van der Waals surface area contributed by atoms with Gasteiger partial charge in [-0.05, 0) is 43.2 Å². The molecule has 0 unspecified atom stereocenters. The molecule has 18 heavy (non-hydrogen) atoms. The number of para-hydroxylation sites is 1. The van der Waals surface area contributed by atoms with E-state index < -0.39 is 0 Å². The van der Waals surface area contributed by atoms with E-state index in [4.69, 9.17) is 18.0 Å². The van der Waals surface area contributed by atoms with Crippen LogP contribution < -0.4 is 11.1 Å². The number of benzene rings is 1. The quantitative estimate of drug-likeness (QED) is 0.769. The lowest BCUT2D eigenvalue weighted by Gasteiger charge is -2.19. The zero-order valence-corrected chi connectivity index (χ0v) is 12.1. The Morgan fingerprint density at radius 2 is 2.17 bits per heavy atom. The van der Waals surface area contributed by atoms with Crippen LogP contribution in [0.4, 0.5) is 5.69 Å². The first-order chi connectivity index (χ1) is 8.58. The Kier molecular flexibility index (Phi) is 3.91. The van der Waals surface area contributed by atoms with Gasteiger partial charge in [-0.3, -0.25) is 0 Å². The topological polar surface area (TPSA) is 38.0 Å². The average molecular weight is 262 g/mol. The van der Waals surface area contributed by atoms with Crippen molar-refractivity contribution in [2.75, 3.05) is 11.9 Å². The number of hydrogen-bond donors (Lipinski definition) is 2. The summed E-state index contributed by atoms with van der Waals surface area (Å²) in [6.45, 7) is 5.40. The minimum absolute atomic E-state index is 0.474. The van der Waals surface area contributed by atoms with Gasteiger partial charge in [0.15, 0.2) is 0 Å². The predicted octanol–water partition coefficient (Wildman–Crippen LogP) is 3.62. The molecular formula is C15H22N2S. The molecule has 0 radical (unpaired) electrons. The number of nitrogens with one attached hydrogen (secondary N) is 1. The van der Waals surface area contributed by atoms with E-state index in [-0.39, 0.29) is 0 Å². The minimum atomic E-state index is 0.474. The standard InChI is InChI=1S/C15H22N2S/c1-3-7-15(8-9-15)10-17-13-11(2)5-4-6-12(13)14(16)18/h4-6,17H,3,7-10H2,1-2H3,(H2,16,18). The highest BCUT2D eigenvalue weighted by molar-refractivity contribution is 7.80. The van der Waals surface area contributed by atoms with E-state index in [0.717, 1.165) is 17.8 Å². The summed E-state index contributed by atoms with van der Waals surface area (Å²) in [6.07, 6.45) is 5.27. The minimum Gasteiger partial charge on any atom is -0.389 e. The predicted molar refractivity (Wildman–Crippen MR) is 82.1 cm³/mol. The van der Waals surface area contributed by atoms with Gasteiger partial charge in [-0.2, -0.15) is 0 Å². The van der Waals surface area contributed by atoms with Crippen LogP contribution in [-0.4, -0.2) is 11.5 Å². The SMILES string of the molecule is CCCC1(CNc2c(C)cccc2C(N)=S)CC1. The first-order valence-corrected chi connectivity index (χ1v) is 7.12. The molecule has 1 saturated carbocycles. The maximum absolute atomic E-state index is 5.79. The second kappa shape index (κ2) is 5.27. The zero-order chi connectivity index (χ0) is 13.2. The number of aryl methyl sites for hydroxylation is 1. The Balaban J connectivity index is 2.11. The van der Waals surface area contributed by atoms with Gasteiger partial charge in [0, 0.05) is 17.8 Å². The van der Waals surface area contributed by atoms with Gasteiger partial charge in [-0.15, -0.1) is 0 Å². The molecule has 0 saturated heterocycles. The third-order valence-electron chi connectivity index (χ3n) is 3.92. The number of nitrogens with two attached hydrogens (primary N) is 1. The Morgan fingerprint density at radius 3 is 2.72 bits per heavy atom. The van der Waals surface area contributed by atoms with Gasteiger partial charge in [0.25, 0.3) is 0 Å². The molecular weight excluding hydrogens is 240 g/mol. The Hall–Kier alpha value is -1.09. The first kappa shape index (κ1) is 13.3. The summed E-state index contributed by atoms with van der Waals surface area (Å²) < 4.78 is 0. The monoisotopic (exact) mass is 262 g/mol. The van der Waals surface area contributed by atoms with Crippen LogP contribution in [0.1, 0.15) is 43.7 Å². The van der Waals surface area contributed by atoms with E-state index in [1.165, 1.54) is 31.2 Å². The van der Waals surface area contributed by atoms with E-state index >= 15 is 0 Å². The third kappa shape index (κ3) is 2.83. The highest BCUT2D eigenvalue weighted by atomic mass is 32.1. The van der Waals surface area contributed by atoms with Crippen molar-refractivity contribution in [2.45, 2.75) is 39.5 Å². The van der Waals surface area contributed by atoms with Crippen molar-refractivity contribution in [2.24, 2.45) is 11.1 Å². The molecule has 2 nitrogen and oxygen atoms in total. The number of rotatable bonds is 6. The van der Waals surface area contributed by atoms with E-state index in [1.807, 2.05) is 12.1 Å². The van der Waals surface area contributed by atoms with Gasteiger partial charge < -0.3 is 11.1 Å². The molecule has 2 rings (SSSR count). The number of thiocarbonyl (C=S) groups is 1. The van der Waals surface area contributed by atoms with E-state index in [1.54, 1.807) is 0 Å². The van der Waals surface area contributed by atoms with Crippen LogP contribution in [-0.2, 0) is 0 Å². The molecule has 0 atom stereocenters. The van der Waals surface area contributed by atoms with Crippen molar-refractivity contribution in [3.8, 4) is 0 Å². The largest absolute Gasteiger partial charge is 0.389 e. The van der Waals surface area contributed by atoms with Crippen molar-refractivity contribution >= 4 is 22.9 Å². The third-order valence-corrected chi connectivity index (χ3v) is 4.14. The summed E-state index contributed by atoms with van der Waals surface area (Å²) in [5.41, 5.74) is 9.62. The first-order valence-electron chi connectivity index (χ1n) is 6.71. The fourth-order valence-corrected chi connectivity index (χ4v) is 2.78. The van der Waals surface area contributed by atoms with Gasteiger partial charge >= 0.3 is 0 Å². The molecule has 1 aliphatic rings. The van der Waals surface area contributed by atoms with E-state index in [0.29, 0.717) is 10.4 Å². The smallest absolute Gasteiger partial charge is 0.106 e. The zero-order valence-electron chi connectivity index (χ0n) is 11.3. The van der Waals surface area contributed by atoms with Gasteiger partial charge in [-0.25, -0.2) is 0 Å². The summed E-state index contributed by atoms with van der Waals surface area (Å²) in [5, 5.41) is 3.58. The van der Waals surface area contributed by atoms with Crippen LogP contribution in [0.2, 0.25) is 0 Å². The Bertz CT molecular complexity index is 450. The van der Waals surface area contributed by atoms with Crippen LogP contribution in [0.3, 0.4) is 0 Å². The van der Waals surface area contributed by atoms with Crippen molar-refractivity contribution in [1.29, 1.82) is 0 Å². The molecule has 3 N–H and O–H groups in total. The fourth-order valence-electron chi connectivity index (χ4n) is 2.61. The van der Waals surface area contributed by atoms with Crippen LogP contribution >= 0.6 is 12.2 Å². The molecule has 0 spiro atoms. The molecule has 0 bridgehead atoms. The lowest BCUT2D eigenvalue weighted by atomic mass is 10.00. The summed E-state index contributed by atoms with van der Waals surface area (Å²) in [7, 11) is 0. The molecule has 1 aliphatic carbocycles.